The van der Waals surface area contributed by atoms with Crippen molar-refractivity contribution in [1.29, 1.82) is 0 Å². The minimum atomic E-state index is -1.64. The SMILES string of the molecule is C[C@@H](NC(=O)c1cccc(Cl)c1Cl)C(=O)N[C@@H](C(=O)O)c1ccc(F)c(F)c1. The summed E-state index contributed by atoms with van der Waals surface area (Å²) >= 11 is 11.8. The van der Waals surface area contributed by atoms with Gasteiger partial charge in [0.1, 0.15) is 6.04 Å². The van der Waals surface area contributed by atoms with Gasteiger partial charge < -0.3 is 15.7 Å². The van der Waals surface area contributed by atoms with Gasteiger partial charge in [-0.05, 0) is 36.8 Å². The van der Waals surface area contributed by atoms with Gasteiger partial charge in [-0.25, -0.2) is 13.6 Å². The summed E-state index contributed by atoms with van der Waals surface area (Å²) in [5.74, 6) is -5.46. The van der Waals surface area contributed by atoms with E-state index in [2.05, 4.69) is 10.6 Å². The Hall–Kier alpha value is -2.71. The van der Waals surface area contributed by atoms with Crippen LogP contribution in [0.15, 0.2) is 36.4 Å². The summed E-state index contributed by atoms with van der Waals surface area (Å²) in [5.41, 5.74) is -0.139. The maximum absolute atomic E-state index is 13.4. The van der Waals surface area contributed by atoms with Crippen LogP contribution in [0.5, 0.6) is 0 Å². The Bertz CT molecular complexity index is 940. The van der Waals surface area contributed by atoms with Crippen LogP contribution in [0.4, 0.5) is 8.78 Å². The molecule has 2 aromatic carbocycles. The zero-order chi connectivity index (χ0) is 21.0. The Labute approximate surface area is 168 Å². The van der Waals surface area contributed by atoms with Crippen molar-refractivity contribution in [2.45, 2.75) is 19.0 Å². The van der Waals surface area contributed by atoms with Crippen molar-refractivity contribution in [3.63, 3.8) is 0 Å². The van der Waals surface area contributed by atoms with Crippen LogP contribution in [0.1, 0.15) is 28.9 Å². The van der Waals surface area contributed by atoms with Gasteiger partial charge in [0.05, 0.1) is 15.6 Å². The third-order valence-electron chi connectivity index (χ3n) is 3.75. The molecule has 0 radical (unpaired) electrons. The predicted octanol–water partition coefficient (Wildman–Crippen LogP) is 3.33. The van der Waals surface area contributed by atoms with Crippen LogP contribution in [0, 0.1) is 11.6 Å². The van der Waals surface area contributed by atoms with E-state index in [0.717, 1.165) is 12.1 Å². The summed E-state index contributed by atoms with van der Waals surface area (Å²) in [6.45, 7) is 1.32. The zero-order valence-corrected chi connectivity index (χ0v) is 15.8. The number of rotatable bonds is 6. The molecule has 148 valence electrons. The standard InChI is InChI=1S/C18H14Cl2F2N2O4/c1-8(23-17(26)10-3-2-4-11(19)14(10)20)16(25)24-15(18(27)28)9-5-6-12(21)13(22)7-9/h2-8,15H,1H3,(H,23,26)(H,24,25)(H,27,28)/t8-,15-/m1/s1. The molecule has 28 heavy (non-hydrogen) atoms. The first kappa shape index (κ1) is 21.6. The van der Waals surface area contributed by atoms with E-state index in [9.17, 15) is 28.3 Å². The number of hydrogen-bond donors (Lipinski definition) is 3. The topological polar surface area (TPSA) is 95.5 Å². The van der Waals surface area contributed by atoms with Crippen molar-refractivity contribution in [3.8, 4) is 0 Å². The second-order valence-corrected chi connectivity index (χ2v) is 6.54. The third-order valence-corrected chi connectivity index (χ3v) is 4.57. The van der Waals surface area contributed by atoms with Crippen molar-refractivity contribution in [1.82, 2.24) is 10.6 Å². The summed E-state index contributed by atoms with van der Waals surface area (Å²) < 4.78 is 26.4. The smallest absolute Gasteiger partial charge is 0.330 e. The van der Waals surface area contributed by atoms with Crippen LogP contribution in [0.2, 0.25) is 10.0 Å². The largest absolute Gasteiger partial charge is 0.479 e. The molecule has 2 amide bonds. The number of hydrogen-bond acceptors (Lipinski definition) is 3. The van der Waals surface area contributed by atoms with Gasteiger partial charge >= 0.3 is 5.97 Å². The van der Waals surface area contributed by atoms with E-state index in [-0.39, 0.29) is 21.2 Å². The molecule has 0 aliphatic carbocycles. The molecule has 10 heteroatoms. The van der Waals surface area contributed by atoms with Crippen LogP contribution in [0.3, 0.4) is 0 Å². The Morgan fingerprint density at radius 2 is 1.71 bits per heavy atom. The van der Waals surface area contributed by atoms with Gasteiger partial charge in [0.25, 0.3) is 5.91 Å². The van der Waals surface area contributed by atoms with E-state index in [0.29, 0.717) is 6.07 Å². The van der Waals surface area contributed by atoms with E-state index < -0.39 is 41.5 Å². The number of carbonyl (C=O) groups is 3. The number of aliphatic carboxylic acids is 1. The molecule has 0 aliphatic heterocycles. The van der Waals surface area contributed by atoms with Crippen molar-refractivity contribution in [3.05, 3.63) is 69.2 Å². The number of carboxylic acid groups (broad SMARTS) is 1. The minimum Gasteiger partial charge on any atom is -0.479 e. The molecule has 2 atom stereocenters. The lowest BCUT2D eigenvalue weighted by molar-refractivity contribution is -0.142. The zero-order valence-electron chi connectivity index (χ0n) is 14.3. The number of amides is 2. The fourth-order valence-corrected chi connectivity index (χ4v) is 2.65. The molecule has 0 aliphatic rings. The lowest BCUT2D eigenvalue weighted by atomic mass is 10.1. The van der Waals surface area contributed by atoms with E-state index in [1.165, 1.54) is 25.1 Å². The Balaban J connectivity index is 2.12. The number of carbonyl (C=O) groups excluding carboxylic acids is 2. The second kappa shape index (κ2) is 8.99. The molecule has 2 rings (SSSR count). The number of nitrogens with one attached hydrogen (secondary N) is 2. The highest BCUT2D eigenvalue weighted by molar-refractivity contribution is 6.43. The molecular weight excluding hydrogens is 417 g/mol. The molecule has 2 aromatic rings. The van der Waals surface area contributed by atoms with Crippen molar-refractivity contribution < 1.29 is 28.3 Å². The van der Waals surface area contributed by atoms with Crippen LogP contribution in [-0.4, -0.2) is 28.9 Å². The molecule has 0 saturated carbocycles. The predicted molar refractivity (Wildman–Crippen MR) is 98.3 cm³/mol. The Morgan fingerprint density at radius 3 is 2.32 bits per heavy atom. The highest BCUT2D eigenvalue weighted by atomic mass is 35.5. The van der Waals surface area contributed by atoms with Crippen LogP contribution < -0.4 is 10.6 Å². The first-order valence-electron chi connectivity index (χ1n) is 7.84. The molecule has 0 bridgehead atoms. The number of halogens is 4. The first-order chi connectivity index (χ1) is 13.1. The van der Waals surface area contributed by atoms with Gasteiger partial charge in [0.2, 0.25) is 5.91 Å². The summed E-state index contributed by atoms with van der Waals surface area (Å²) in [6.07, 6.45) is 0. The van der Waals surface area contributed by atoms with Crippen LogP contribution >= 0.6 is 23.2 Å². The molecule has 0 spiro atoms. The monoisotopic (exact) mass is 430 g/mol. The summed E-state index contributed by atoms with van der Waals surface area (Å²) in [7, 11) is 0. The maximum atomic E-state index is 13.4. The van der Waals surface area contributed by atoms with Gasteiger partial charge in [-0.3, -0.25) is 9.59 Å². The molecule has 0 aromatic heterocycles. The van der Waals surface area contributed by atoms with Gasteiger partial charge in [-0.15, -0.1) is 0 Å². The number of carboxylic acids is 1. The van der Waals surface area contributed by atoms with Crippen molar-refractivity contribution in [2.24, 2.45) is 0 Å². The third kappa shape index (κ3) is 4.96. The van der Waals surface area contributed by atoms with Gasteiger partial charge in [0.15, 0.2) is 17.7 Å². The molecule has 6 nitrogen and oxygen atoms in total. The maximum Gasteiger partial charge on any atom is 0.330 e. The molecule has 0 fully saturated rings. The molecule has 0 saturated heterocycles. The average molecular weight is 431 g/mol. The highest BCUT2D eigenvalue weighted by Crippen LogP contribution is 2.25. The molecule has 0 heterocycles. The Kier molecular flexibility index (Phi) is 6.93. The second-order valence-electron chi connectivity index (χ2n) is 5.75. The minimum absolute atomic E-state index is 0.000486. The fourth-order valence-electron chi connectivity index (χ4n) is 2.27. The highest BCUT2D eigenvalue weighted by Gasteiger charge is 2.27. The molecule has 0 unspecified atom stereocenters. The molecular formula is C18H14Cl2F2N2O4. The van der Waals surface area contributed by atoms with Gasteiger partial charge in [0, 0.05) is 0 Å². The first-order valence-corrected chi connectivity index (χ1v) is 8.60. The van der Waals surface area contributed by atoms with Crippen molar-refractivity contribution in [2.75, 3.05) is 0 Å². The summed E-state index contributed by atoms with van der Waals surface area (Å²) in [5, 5.41) is 14.0. The fraction of sp³-hybridized carbons (Fsp3) is 0.167. The van der Waals surface area contributed by atoms with Gasteiger partial charge in [-0.2, -0.15) is 0 Å². The quantitative estimate of drug-likeness (QED) is 0.654. The Morgan fingerprint density at radius 1 is 1.04 bits per heavy atom. The van der Waals surface area contributed by atoms with Crippen LogP contribution in [-0.2, 0) is 9.59 Å². The summed E-state index contributed by atoms with van der Waals surface area (Å²) in [6, 6.07) is 4.03. The number of benzene rings is 2. The van der Waals surface area contributed by atoms with Crippen LogP contribution in [0.25, 0.3) is 0 Å². The normalized spacial score (nSPS) is 12.8. The van der Waals surface area contributed by atoms with E-state index in [1.807, 2.05) is 0 Å². The average Bonchev–Trinajstić information content (AvgIpc) is 2.63. The van der Waals surface area contributed by atoms with Gasteiger partial charge in [-0.1, -0.05) is 35.3 Å². The lowest BCUT2D eigenvalue weighted by Crippen LogP contribution is -2.47. The van der Waals surface area contributed by atoms with E-state index in [1.54, 1.807) is 0 Å². The van der Waals surface area contributed by atoms with E-state index >= 15 is 0 Å². The lowest BCUT2D eigenvalue weighted by Gasteiger charge is -2.19. The van der Waals surface area contributed by atoms with E-state index in [4.69, 9.17) is 23.2 Å². The van der Waals surface area contributed by atoms with Crippen molar-refractivity contribution >= 4 is 41.0 Å². The summed E-state index contributed by atoms with van der Waals surface area (Å²) in [4.78, 5) is 36.0. The molecule has 3 N–H and O–H groups in total.